The van der Waals surface area contributed by atoms with E-state index >= 15 is 0 Å². The van der Waals surface area contributed by atoms with Crippen molar-refractivity contribution in [2.24, 2.45) is 0 Å². The Kier molecular flexibility index (Phi) is 10.6. The molecule has 1 unspecified atom stereocenters. The van der Waals surface area contributed by atoms with Gasteiger partial charge in [0.2, 0.25) is 5.91 Å². The van der Waals surface area contributed by atoms with Crippen LogP contribution in [0.1, 0.15) is 26.7 Å². The maximum absolute atomic E-state index is 14.7. The molecule has 0 aliphatic rings. The molecule has 5 aromatic carbocycles. The molecule has 3 amide bonds. The Bertz CT molecular complexity index is 1890. The van der Waals surface area contributed by atoms with E-state index in [1.165, 1.54) is 54.2 Å². The van der Waals surface area contributed by atoms with Crippen LogP contribution in [0.15, 0.2) is 138 Å². The van der Waals surface area contributed by atoms with Crippen molar-refractivity contribution in [3.05, 3.63) is 166 Å². The number of amides is 3. The number of halogens is 3. The van der Waals surface area contributed by atoms with Gasteiger partial charge in [-0.15, -0.1) is 11.8 Å². The zero-order valence-corrected chi connectivity index (χ0v) is 25.6. The lowest BCUT2D eigenvalue weighted by atomic mass is 10.1. The number of carbonyl (C=O) groups is 3. The van der Waals surface area contributed by atoms with E-state index in [9.17, 15) is 23.2 Å². The van der Waals surface area contributed by atoms with Gasteiger partial charge in [-0.3, -0.25) is 14.4 Å². The topological polar surface area (TPSA) is 87.3 Å². The second-order valence-corrected chi connectivity index (χ2v) is 11.5. The summed E-state index contributed by atoms with van der Waals surface area (Å²) in [5.41, 5.74) is 1.06. The van der Waals surface area contributed by atoms with Gasteiger partial charge in [0.25, 0.3) is 11.8 Å². The number of hydrogen-bond donors (Lipinski definition) is 3. The molecule has 0 saturated heterocycles. The van der Waals surface area contributed by atoms with Crippen molar-refractivity contribution in [2.45, 2.75) is 10.1 Å². The van der Waals surface area contributed by atoms with Gasteiger partial charge in [-0.1, -0.05) is 84.4 Å². The Balaban J connectivity index is 1.40. The normalized spacial score (nSPS) is 11.8. The lowest BCUT2D eigenvalue weighted by Gasteiger charge is -2.18. The summed E-state index contributed by atoms with van der Waals surface area (Å²) < 4.78 is 29.0. The molecule has 10 heteroatoms. The lowest BCUT2D eigenvalue weighted by Crippen LogP contribution is -2.30. The van der Waals surface area contributed by atoms with Crippen LogP contribution >= 0.6 is 23.4 Å². The third-order valence-electron chi connectivity index (χ3n) is 6.64. The van der Waals surface area contributed by atoms with Crippen LogP contribution in [0.25, 0.3) is 6.08 Å². The Labute approximate surface area is 273 Å². The van der Waals surface area contributed by atoms with Gasteiger partial charge < -0.3 is 16.0 Å². The summed E-state index contributed by atoms with van der Waals surface area (Å²) >= 11 is 7.41. The summed E-state index contributed by atoms with van der Waals surface area (Å²) in [5, 5.41) is 7.25. The van der Waals surface area contributed by atoms with Gasteiger partial charge in [0, 0.05) is 21.7 Å². The van der Waals surface area contributed by atoms with E-state index < -0.39 is 34.6 Å². The van der Waals surface area contributed by atoms with Crippen LogP contribution in [0, 0.1) is 11.6 Å². The number of anilines is 2. The van der Waals surface area contributed by atoms with Gasteiger partial charge in [-0.2, -0.15) is 0 Å². The quantitative estimate of drug-likeness (QED) is 0.104. The Morgan fingerprint density at radius 2 is 1.37 bits per heavy atom. The molecule has 0 fully saturated rings. The molecular formula is C36H26ClF2N3O3S. The van der Waals surface area contributed by atoms with Gasteiger partial charge in [0.05, 0.1) is 10.7 Å². The molecule has 0 aliphatic heterocycles. The summed E-state index contributed by atoms with van der Waals surface area (Å²) in [5.74, 6) is -2.98. The molecule has 46 heavy (non-hydrogen) atoms. The van der Waals surface area contributed by atoms with E-state index in [0.717, 1.165) is 0 Å². The zero-order valence-electron chi connectivity index (χ0n) is 24.0. The van der Waals surface area contributed by atoms with Crippen LogP contribution < -0.4 is 16.0 Å². The Hall–Kier alpha value is -5.25. The fourth-order valence-electron chi connectivity index (χ4n) is 4.38. The first-order chi connectivity index (χ1) is 22.3. The number of benzene rings is 5. The van der Waals surface area contributed by atoms with Crippen LogP contribution in [0.3, 0.4) is 0 Å². The van der Waals surface area contributed by atoms with Crippen LogP contribution in [-0.2, 0) is 9.59 Å². The molecule has 0 bridgehead atoms. The summed E-state index contributed by atoms with van der Waals surface area (Å²) in [7, 11) is 0. The number of nitrogens with one attached hydrogen (secondary N) is 3. The van der Waals surface area contributed by atoms with E-state index in [2.05, 4.69) is 16.0 Å². The Morgan fingerprint density at radius 1 is 0.717 bits per heavy atom. The molecule has 230 valence electrons. The van der Waals surface area contributed by atoms with Crippen molar-refractivity contribution in [1.82, 2.24) is 5.32 Å². The zero-order chi connectivity index (χ0) is 32.5. The monoisotopic (exact) mass is 653 g/mol. The molecule has 0 spiro atoms. The lowest BCUT2D eigenvalue weighted by molar-refractivity contribution is -0.116. The molecule has 5 rings (SSSR count). The molecule has 5 aromatic rings. The first-order valence-corrected chi connectivity index (χ1v) is 15.2. The maximum atomic E-state index is 14.7. The number of rotatable bonds is 10. The van der Waals surface area contributed by atoms with Crippen LogP contribution in [-0.4, -0.2) is 17.7 Å². The first kappa shape index (κ1) is 32.2. The molecule has 0 heterocycles. The van der Waals surface area contributed by atoms with Crippen LogP contribution in [0.2, 0.25) is 5.02 Å². The predicted molar refractivity (Wildman–Crippen MR) is 178 cm³/mol. The summed E-state index contributed by atoms with van der Waals surface area (Å²) in [4.78, 5) is 40.5. The van der Waals surface area contributed by atoms with E-state index in [1.54, 1.807) is 84.9 Å². The van der Waals surface area contributed by atoms with Crippen molar-refractivity contribution in [1.29, 1.82) is 0 Å². The molecule has 1 atom stereocenters. The number of carbonyl (C=O) groups excluding carboxylic acids is 3. The SMILES string of the molecule is O=C(Nc1cccc(SC(C(=O)Nc2ccccc2F)c2ccccc2)c1)/C(=C\c1c(F)cccc1Cl)NC(=O)c1ccccc1. The van der Waals surface area contributed by atoms with Crippen molar-refractivity contribution in [2.75, 3.05) is 10.6 Å². The third kappa shape index (κ3) is 8.26. The van der Waals surface area contributed by atoms with Crippen molar-refractivity contribution in [3.8, 4) is 0 Å². The highest BCUT2D eigenvalue weighted by atomic mass is 35.5. The van der Waals surface area contributed by atoms with E-state index in [4.69, 9.17) is 11.6 Å². The molecule has 0 saturated carbocycles. The van der Waals surface area contributed by atoms with Crippen molar-refractivity contribution < 1.29 is 23.2 Å². The minimum Gasteiger partial charge on any atom is -0.322 e. The number of para-hydroxylation sites is 1. The highest BCUT2D eigenvalue weighted by molar-refractivity contribution is 8.00. The van der Waals surface area contributed by atoms with Gasteiger partial charge in [-0.05, 0) is 66.2 Å². The van der Waals surface area contributed by atoms with Crippen molar-refractivity contribution >= 4 is 58.5 Å². The average molecular weight is 654 g/mol. The molecule has 6 nitrogen and oxygen atoms in total. The summed E-state index contributed by atoms with van der Waals surface area (Å²) in [6, 6.07) is 34.0. The second-order valence-electron chi connectivity index (χ2n) is 9.87. The van der Waals surface area contributed by atoms with E-state index in [1.807, 2.05) is 6.07 Å². The standard InChI is InChI=1S/C36H26ClF2N3O3S/c37-28-17-10-19-29(38)27(28)22-32(42-34(43)24-13-5-2-6-14-24)35(44)40-25-15-9-16-26(21-25)46-33(23-11-3-1-4-12-23)36(45)41-31-20-8-7-18-30(31)39/h1-22,33H,(H,40,44)(H,41,45)(H,42,43)/b32-22+. The van der Waals surface area contributed by atoms with Crippen molar-refractivity contribution in [3.63, 3.8) is 0 Å². The van der Waals surface area contributed by atoms with Gasteiger partial charge >= 0.3 is 0 Å². The Morgan fingerprint density at radius 3 is 2.09 bits per heavy atom. The third-order valence-corrected chi connectivity index (χ3v) is 8.21. The van der Waals surface area contributed by atoms with Crippen LogP contribution in [0.5, 0.6) is 0 Å². The highest BCUT2D eigenvalue weighted by Crippen LogP contribution is 2.37. The summed E-state index contributed by atoms with van der Waals surface area (Å²) in [6.07, 6.45) is 1.17. The molecule has 0 aliphatic carbocycles. The maximum Gasteiger partial charge on any atom is 0.272 e. The smallest absolute Gasteiger partial charge is 0.272 e. The molecular weight excluding hydrogens is 628 g/mol. The number of thioether (sulfide) groups is 1. The molecule has 0 aromatic heterocycles. The fraction of sp³-hybridized carbons (Fsp3) is 0.0278. The minimum absolute atomic E-state index is 0.0540. The van der Waals surface area contributed by atoms with E-state index in [0.29, 0.717) is 21.7 Å². The van der Waals surface area contributed by atoms with Crippen LogP contribution in [0.4, 0.5) is 20.2 Å². The van der Waals surface area contributed by atoms with E-state index in [-0.39, 0.29) is 22.0 Å². The molecule has 0 radical (unpaired) electrons. The predicted octanol–water partition coefficient (Wildman–Crippen LogP) is 8.50. The fourth-order valence-corrected chi connectivity index (χ4v) is 5.68. The minimum atomic E-state index is -0.768. The first-order valence-electron chi connectivity index (χ1n) is 14.0. The van der Waals surface area contributed by atoms with Gasteiger partial charge in [0.15, 0.2) is 0 Å². The largest absolute Gasteiger partial charge is 0.322 e. The second kappa shape index (κ2) is 15.2. The van der Waals surface area contributed by atoms with Gasteiger partial charge in [-0.25, -0.2) is 8.78 Å². The highest BCUT2D eigenvalue weighted by Gasteiger charge is 2.24. The molecule has 3 N–H and O–H groups in total. The number of hydrogen-bond acceptors (Lipinski definition) is 4. The summed E-state index contributed by atoms with van der Waals surface area (Å²) in [6.45, 7) is 0. The van der Waals surface area contributed by atoms with Gasteiger partial charge in [0.1, 0.15) is 22.6 Å². The average Bonchev–Trinajstić information content (AvgIpc) is 3.06.